The van der Waals surface area contributed by atoms with Crippen molar-refractivity contribution in [1.82, 2.24) is 10.2 Å². The summed E-state index contributed by atoms with van der Waals surface area (Å²) < 4.78 is 0. The molecule has 2 rings (SSSR count). The van der Waals surface area contributed by atoms with Crippen LogP contribution in [0.1, 0.15) is 0 Å². The van der Waals surface area contributed by atoms with Gasteiger partial charge < -0.3 is 5.32 Å². The molecule has 6 nitrogen and oxygen atoms in total. The molecule has 0 unspecified atom stereocenters. The fourth-order valence-corrected chi connectivity index (χ4v) is 2.55. The monoisotopic (exact) mass is 342 g/mol. The molecule has 0 aliphatic rings. The lowest BCUT2D eigenvalue weighted by Crippen LogP contribution is -2.18. The number of nitrogens with zero attached hydrogens (tertiary/aromatic N) is 2. The predicted molar refractivity (Wildman–Crippen MR) is 85.9 cm³/mol. The van der Waals surface area contributed by atoms with Crippen LogP contribution in [0.3, 0.4) is 0 Å². The number of halogens is 1. The van der Waals surface area contributed by atoms with E-state index in [-0.39, 0.29) is 23.3 Å². The number of carbonyl (C=O) groups excluding carboxylic acids is 2. The van der Waals surface area contributed by atoms with Crippen molar-refractivity contribution >= 4 is 57.3 Å². The normalized spacial score (nSPS) is 10.1. The number of thioether (sulfide) groups is 1. The number of benzene rings is 1. The Morgan fingerprint density at radius 1 is 1.14 bits per heavy atom. The number of nitrogens with one attached hydrogen (secondary N) is 2. The van der Waals surface area contributed by atoms with Crippen LogP contribution in [0.4, 0.5) is 10.8 Å². The zero-order chi connectivity index (χ0) is 15.1. The first kappa shape index (κ1) is 15.7. The summed E-state index contributed by atoms with van der Waals surface area (Å²) in [4.78, 5) is 23.2. The maximum Gasteiger partial charge on any atom is 0.236 e. The van der Waals surface area contributed by atoms with E-state index in [1.807, 2.05) is 0 Å². The van der Waals surface area contributed by atoms with Crippen molar-refractivity contribution in [2.24, 2.45) is 0 Å². The van der Waals surface area contributed by atoms with E-state index in [1.165, 1.54) is 28.6 Å². The summed E-state index contributed by atoms with van der Waals surface area (Å²) in [6, 6.07) is 6.82. The highest BCUT2D eigenvalue weighted by atomic mass is 35.5. The SMILES string of the molecule is O=C(CSCC(=O)Nc1nncs1)Nc1ccc(Cl)cc1. The largest absolute Gasteiger partial charge is 0.325 e. The van der Waals surface area contributed by atoms with Gasteiger partial charge in [-0.25, -0.2) is 0 Å². The summed E-state index contributed by atoms with van der Waals surface area (Å²) in [7, 11) is 0. The molecule has 0 radical (unpaired) electrons. The number of hydrogen-bond acceptors (Lipinski definition) is 6. The van der Waals surface area contributed by atoms with E-state index in [4.69, 9.17) is 11.6 Å². The van der Waals surface area contributed by atoms with E-state index in [0.29, 0.717) is 15.8 Å². The maximum absolute atomic E-state index is 11.7. The van der Waals surface area contributed by atoms with Crippen LogP contribution in [-0.4, -0.2) is 33.5 Å². The number of aromatic nitrogens is 2. The van der Waals surface area contributed by atoms with Crippen molar-refractivity contribution in [1.29, 1.82) is 0 Å². The minimum atomic E-state index is -0.212. The lowest BCUT2D eigenvalue weighted by Gasteiger charge is -2.05. The van der Waals surface area contributed by atoms with E-state index in [1.54, 1.807) is 24.3 Å². The minimum Gasteiger partial charge on any atom is -0.325 e. The van der Waals surface area contributed by atoms with E-state index in [0.717, 1.165) is 0 Å². The lowest BCUT2D eigenvalue weighted by molar-refractivity contribution is -0.114. The summed E-state index contributed by atoms with van der Waals surface area (Å²) in [5.41, 5.74) is 2.20. The van der Waals surface area contributed by atoms with Crippen molar-refractivity contribution in [2.45, 2.75) is 0 Å². The highest BCUT2D eigenvalue weighted by molar-refractivity contribution is 8.00. The Morgan fingerprint density at radius 3 is 2.43 bits per heavy atom. The zero-order valence-electron chi connectivity index (χ0n) is 10.7. The van der Waals surface area contributed by atoms with Gasteiger partial charge in [-0.1, -0.05) is 22.9 Å². The Hall–Kier alpha value is -1.64. The first-order valence-electron chi connectivity index (χ1n) is 5.82. The molecule has 0 saturated heterocycles. The highest BCUT2D eigenvalue weighted by Crippen LogP contribution is 2.14. The first-order valence-corrected chi connectivity index (χ1v) is 8.24. The highest BCUT2D eigenvalue weighted by Gasteiger charge is 2.07. The van der Waals surface area contributed by atoms with Gasteiger partial charge in [-0.2, -0.15) is 0 Å². The van der Waals surface area contributed by atoms with E-state index < -0.39 is 0 Å². The molecule has 0 saturated carbocycles. The van der Waals surface area contributed by atoms with Gasteiger partial charge in [0.1, 0.15) is 5.51 Å². The van der Waals surface area contributed by atoms with Crippen molar-refractivity contribution < 1.29 is 9.59 Å². The van der Waals surface area contributed by atoms with Crippen molar-refractivity contribution in [2.75, 3.05) is 22.1 Å². The molecule has 0 aliphatic carbocycles. The maximum atomic E-state index is 11.7. The molecule has 1 aromatic carbocycles. The topological polar surface area (TPSA) is 84.0 Å². The molecule has 0 atom stereocenters. The molecule has 21 heavy (non-hydrogen) atoms. The zero-order valence-corrected chi connectivity index (χ0v) is 13.1. The molecule has 0 spiro atoms. The molecule has 2 N–H and O–H groups in total. The fraction of sp³-hybridized carbons (Fsp3) is 0.167. The second-order valence-corrected chi connectivity index (χ2v) is 6.10. The van der Waals surface area contributed by atoms with Crippen LogP contribution in [0.15, 0.2) is 29.8 Å². The van der Waals surface area contributed by atoms with Gasteiger partial charge in [0.05, 0.1) is 11.5 Å². The second kappa shape index (κ2) is 7.96. The van der Waals surface area contributed by atoms with Crippen LogP contribution < -0.4 is 10.6 Å². The summed E-state index contributed by atoms with van der Waals surface area (Å²) in [6.45, 7) is 0. The second-order valence-electron chi connectivity index (χ2n) is 3.84. The molecule has 0 fully saturated rings. The number of anilines is 2. The molecule has 9 heteroatoms. The number of amides is 2. The summed E-state index contributed by atoms with van der Waals surface area (Å²) in [6.07, 6.45) is 0. The molecule has 1 aromatic heterocycles. The van der Waals surface area contributed by atoms with Crippen molar-refractivity contribution in [3.05, 3.63) is 34.8 Å². The Balaban J connectivity index is 1.67. The summed E-state index contributed by atoms with van der Waals surface area (Å²) >= 11 is 8.22. The van der Waals surface area contributed by atoms with Crippen LogP contribution in [0.5, 0.6) is 0 Å². The Labute approximate surface area is 134 Å². The smallest absolute Gasteiger partial charge is 0.236 e. The van der Waals surface area contributed by atoms with Gasteiger partial charge in [0.25, 0.3) is 0 Å². The molecule has 2 amide bonds. The van der Waals surface area contributed by atoms with E-state index in [9.17, 15) is 9.59 Å². The molecule has 1 heterocycles. The molecule has 2 aromatic rings. The molecular formula is C12H11ClN4O2S2. The van der Waals surface area contributed by atoms with E-state index in [2.05, 4.69) is 20.8 Å². The average Bonchev–Trinajstić information content (AvgIpc) is 2.94. The standard InChI is InChI=1S/C12H11ClN4O2S2/c13-8-1-3-9(4-2-8)15-10(18)5-20-6-11(19)16-12-17-14-7-21-12/h1-4,7H,5-6H2,(H,15,18)(H,16,17,19). The van der Waals surface area contributed by atoms with Gasteiger partial charge in [0.15, 0.2) is 0 Å². The Morgan fingerprint density at radius 2 is 1.81 bits per heavy atom. The van der Waals surface area contributed by atoms with Gasteiger partial charge in [-0.15, -0.1) is 22.0 Å². The number of hydrogen-bond donors (Lipinski definition) is 2. The first-order chi connectivity index (χ1) is 10.1. The van der Waals surface area contributed by atoms with Crippen LogP contribution in [-0.2, 0) is 9.59 Å². The van der Waals surface area contributed by atoms with Gasteiger partial charge in [-0.3, -0.25) is 14.9 Å². The predicted octanol–water partition coefficient (Wildman–Crippen LogP) is 2.50. The van der Waals surface area contributed by atoms with Crippen molar-refractivity contribution in [3.63, 3.8) is 0 Å². The quantitative estimate of drug-likeness (QED) is 0.842. The van der Waals surface area contributed by atoms with Gasteiger partial charge in [0.2, 0.25) is 16.9 Å². The molecule has 0 bridgehead atoms. The third kappa shape index (κ3) is 5.70. The van der Waals surface area contributed by atoms with Gasteiger partial charge >= 0.3 is 0 Å². The summed E-state index contributed by atoms with van der Waals surface area (Å²) in [5, 5.41) is 13.7. The Kier molecular flexibility index (Phi) is 5.97. The molecule has 0 aliphatic heterocycles. The fourth-order valence-electron chi connectivity index (χ4n) is 1.35. The van der Waals surface area contributed by atoms with Crippen LogP contribution in [0.2, 0.25) is 5.02 Å². The third-order valence-electron chi connectivity index (χ3n) is 2.20. The molecule has 110 valence electrons. The van der Waals surface area contributed by atoms with Crippen LogP contribution >= 0.6 is 34.7 Å². The minimum absolute atomic E-state index is 0.174. The lowest BCUT2D eigenvalue weighted by atomic mass is 10.3. The van der Waals surface area contributed by atoms with Crippen molar-refractivity contribution in [3.8, 4) is 0 Å². The van der Waals surface area contributed by atoms with E-state index >= 15 is 0 Å². The summed E-state index contributed by atoms with van der Waals surface area (Å²) in [5.74, 6) is -0.0261. The molecular weight excluding hydrogens is 332 g/mol. The van der Waals surface area contributed by atoms with Crippen LogP contribution in [0.25, 0.3) is 0 Å². The van der Waals surface area contributed by atoms with Crippen LogP contribution in [0, 0.1) is 0 Å². The number of rotatable bonds is 6. The number of carbonyl (C=O) groups is 2. The Bertz CT molecular complexity index is 604. The van der Waals surface area contributed by atoms with Gasteiger partial charge in [-0.05, 0) is 24.3 Å². The third-order valence-corrected chi connectivity index (χ3v) is 3.99. The average molecular weight is 343 g/mol. The van der Waals surface area contributed by atoms with Gasteiger partial charge in [0, 0.05) is 10.7 Å².